The third-order valence-electron chi connectivity index (χ3n) is 3.10. The number of anilines is 2. The second-order valence-corrected chi connectivity index (χ2v) is 4.93. The van der Waals surface area contributed by atoms with Gasteiger partial charge >= 0.3 is 0 Å². The first-order chi connectivity index (χ1) is 10.6. The van der Waals surface area contributed by atoms with Gasteiger partial charge in [0.05, 0.1) is 7.11 Å². The van der Waals surface area contributed by atoms with Gasteiger partial charge in [0.1, 0.15) is 0 Å². The van der Waals surface area contributed by atoms with E-state index in [2.05, 4.69) is 5.32 Å². The predicted octanol–water partition coefficient (Wildman–Crippen LogP) is 2.78. The number of nitrogens with one attached hydrogen (secondary N) is 1. The van der Waals surface area contributed by atoms with Crippen LogP contribution in [-0.4, -0.2) is 33.7 Å². The molecule has 2 rings (SSSR count). The molecule has 0 atom stereocenters. The van der Waals surface area contributed by atoms with Crippen molar-refractivity contribution in [1.82, 2.24) is 0 Å². The van der Waals surface area contributed by atoms with Gasteiger partial charge in [0.15, 0.2) is 18.1 Å². The summed E-state index contributed by atoms with van der Waals surface area (Å²) in [4.78, 5) is 13.9. The van der Waals surface area contributed by atoms with Crippen LogP contribution in [0.1, 0.15) is 0 Å². The number of ether oxygens (including phenoxy) is 2. The van der Waals surface area contributed by atoms with Crippen LogP contribution in [0.15, 0.2) is 48.5 Å². The number of nitrogens with zero attached hydrogens (tertiary/aromatic N) is 1. The number of hydrogen-bond donors (Lipinski definition) is 1. The second-order valence-electron chi connectivity index (χ2n) is 4.93. The molecule has 2 aromatic rings. The molecular weight excluding hydrogens is 280 g/mol. The van der Waals surface area contributed by atoms with Crippen LogP contribution >= 0.6 is 0 Å². The summed E-state index contributed by atoms with van der Waals surface area (Å²) in [5.74, 6) is 0.928. The third kappa shape index (κ3) is 4.15. The topological polar surface area (TPSA) is 50.8 Å². The Balaban J connectivity index is 1.90. The number of para-hydroxylation sites is 2. The molecule has 0 aliphatic rings. The molecule has 1 N–H and O–H groups in total. The monoisotopic (exact) mass is 300 g/mol. The molecule has 0 saturated carbocycles. The van der Waals surface area contributed by atoms with E-state index >= 15 is 0 Å². The first-order valence-corrected chi connectivity index (χ1v) is 6.93. The number of carbonyl (C=O) groups excluding carboxylic acids is 1. The van der Waals surface area contributed by atoms with Gasteiger partial charge in [0.25, 0.3) is 5.91 Å². The van der Waals surface area contributed by atoms with Crippen molar-refractivity contribution in [2.45, 2.75) is 0 Å². The lowest BCUT2D eigenvalue weighted by atomic mass is 10.2. The highest BCUT2D eigenvalue weighted by Crippen LogP contribution is 2.25. The van der Waals surface area contributed by atoms with Gasteiger partial charge in [-0.05, 0) is 36.4 Å². The average molecular weight is 300 g/mol. The zero-order valence-corrected chi connectivity index (χ0v) is 13.0. The van der Waals surface area contributed by atoms with Gasteiger partial charge in [-0.3, -0.25) is 4.79 Å². The minimum Gasteiger partial charge on any atom is -0.493 e. The molecule has 0 unspecified atom stereocenters. The van der Waals surface area contributed by atoms with Crippen molar-refractivity contribution in [3.8, 4) is 11.5 Å². The van der Waals surface area contributed by atoms with Crippen molar-refractivity contribution < 1.29 is 14.3 Å². The summed E-state index contributed by atoms with van der Waals surface area (Å²) < 4.78 is 10.6. The van der Waals surface area contributed by atoms with Crippen molar-refractivity contribution in [2.75, 3.05) is 38.0 Å². The number of hydrogen-bond acceptors (Lipinski definition) is 4. The highest BCUT2D eigenvalue weighted by atomic mass is 16.5. The Hall–Kier alpha value is -2.69. The molecular formula is C17H20N2O3. The fourth-order valence-electron chi connectivity index (χ4n) is 1.92. The van der Waals surface area contributed by atoms with Crippen molar-refractivity contribution in [3.05, 3.63) is 48.5 Å². The zero-order valence-electron chi connectivity index (χ0n) is 13.0. The number of amides is 1. The molecule has 0 radical (unpaired) electrons. The van der Waals surface area contributed by atoms with Crippen LogP contribution in [0.25, 0.3) is 0 Å². The Bertz CT molecular complexity index is 624. The first-order valence-electron chi connectivity index (χ1n) is 6.93. The van der Waals surface area contributed by atoms with Crippen LogP contribution in [0.3, 0.4) is 0 Å². The number of methoxy groups -OCH3 is 1. The Kier molecular flexibility index (Phi) is 5.25. The molecule has 0 aromatic heterocycles. The number of carbonyl (C=O) groups is 1. The van der Waals surface area contributed by atoms with E-state index in [-0.39, 0.29) is 12.5 Å². The minimum absolute atomic E-state index is 0.0736. The van der Waals surface area contributed by atoms with Crippen molar-refractivity contribution >= 4 is 17.3 Å². The molecule has 0 aliphatic heterocycles. The summed E-state index contributed by atoms with van der Waals surface area (Å²) in [5.41, 5.74) is 1.81. The van der Waals surface area contributed by atoms with E-state index in [0.29, 0.717) is 11.5 Å². The quantitative estimate of drug-likeness (QED) is 0.891. The summed E-state index contributed by atoms with van der Waals surface area (Å²) in [6.07, 6.45) is 0. The van der Waals surface area contributed by atoms with Gasteiger partial charge in [-0.1, -0.05) is 12.1 Å². The largest absolute Gasteiger partial charge is 0.493 e. The third-order valence-corrected chi connectivity index (χ3v) is 3.10. The summed E-state index contributed by atoms with van der Waals surface area (Å²) in [5, 5.41) is 2.79. The lowest BCUT2D eigenvalue weighted by molar-refractivity contribution is -0.118. The molecule has 0 saturated heterocycles. The van der Waals surface area contributed by atoms with Gasteiger partial charge in [-0.25, -0.2) is 0 Å². The fraction of sp³-hybridized carbons (Fsp3) is 0.235. The second kappa shape index (κ2) is 7.36. The van der Waals surface area contributed by atoms with Crippen LogP contribution in [0.4, 0.5) is 11.4 Å². The van der Waals surface area contributed by atoms with E-state index in [1.807, 2.05) is 55.4 Å². The Morgan fingerprint density at radius 2 is 1.68 bits per heavy atom. The fourth-order valence-corrected chi connectivity index (χ4v) is 1.92. The zero-order chi connectivity index (χ0) is 15.9. The average Bonchev–Trinajstić information content (AvgIpc) is 2.53. The molecule has 116 valence electrons. The lowest BCUT2D eigenvalue weighted by Gasteiger charge is -2.13. The molecule has 2 aromatic carbocycles. The smallest absolute Gasteiger partial charge is 0.262 e. The van der Waals surface area contributed by atoms with E-state index in [1.165, 1.54) is 0 Å². The van der Waals surface area contributed by atoms with Gasteiger partial charge in [0, 0.05) is 25.5 Å². The molecule has 0 aliphatic carbocycles. The molecule has 5 heteroatoms. The van der Waals surface area contributed by atoms with E-state index in [9.17, 15) is 4.79 Å². The molecule has 0 fully saturated rings. The predicted molar refractivity (Wildman–Crippen MR) is 87.9 cm³/mol. The normalized spacial score (nSPS) is 9.95. The van der Waals surface area contributed by atoms with Crippen molar-refractivity contribution in [3.63, 3.8) is 0 Å². The maximum absolute atomic E-state index is 11.9. The maximum atomic E-state index is 11.9. The van der Waals surface area contributed by atoms with Crippen molar-refractivity contribution in [2.24, 2.45) is 0 Å². The standard InChI is InChI=1S/C17H20N2O3/c1-19(2)14-10-8-13(9-11-14)18-17(20)12-22-16-7-5-4-6-15(16)21-3/h4-11H,12H2,1-3H3,(H,18,20). The summed E-state index contributed by atoms with van der Waals surface area (Å²) in [6.45, 7) is -0.0736. The van der Waals surface area contributed by atoms with Gasteiger partial charge in [-0.2, -0.15) is 0 Å². The van der Waals surface area contributed by atoms with Crippen LogP contribution in [0.5, 0.6) is 11.5 Å². The van der Waals surface area contributed by atoms with Crippen LogP contribution in [-0.2, 0) is 4.79 Å². The van der Waals surface area contributed by atoms with Crippen LogP contribution in [0.2, 0.25) is 0 Å². The number of rotatable bonds is 6. The highest BCUT2D eigenvalue weighted by Gasteiger charge is 2.07. The van der Waals surface area contributed by atoms with E-state index in [1.54, 1.807) is 19.2 Å². The Labute approximate surface area is 130 Å². The first kappa shape index (κ1) is 15.7. The van der Waals surface area contributed by atoms with Gasteiger partial charge < -0.3 is 19.7 Å². The molecule has 0 heterocycles. The van der Waals surface area contributed by atoms with Crippen LogP contribution < -0.4 is 19.7 Å². The minimum atomic E-state index is -0.219. The van der Waals surface area contributed by atoms with E-state index in [0.717, 1.165) is 11.4 Å². The lowest BCUT2D eigenvalue weighted by Crippen LogP contribution is -2.20. The van der Waals surface area contributed by atoms with Gasteiger partial charge in [0.2, 0.25) is 0 Å². The highest BCUT2D eigenvalue weighted by molar-refractivity contribution is 5.92. The Morgan fingerprint density at radius 1 is 1.05 bits per heavy atom. The van der Waals surface area contributed by atoms with Crippen molar-refractivity contribution in [1.29, 1.82) is 0 Å². The Morgan fingerprint density at radius 3 is 2.27 bits per heavy atom. The summed E-state index contributed by atoms with van der Waals surface area (Å²) in [6, 6.07) is 14.8. The van der Waals surface area contributed by atoms with E-state index in [4.69, 9.17) is 9.47 Å². The maximum Gasteiger partial charge on any atom is 0.262 e. The molecule has 0 bridgehead atoms. The van der Waals surface area contributed by atoms with Gasteiger partial charge in [-0.15, -0.1) is 0 Å². The summed E-state index contributed by atoms with van der Waals surface area (Å²) >= 11 is 0. The number of benzene rings is 2. The summed E-state index contributed by atoms with van der Waals surface area (Å²) in [7, 11) is 5.50. The molecule has 0 spiro atoms. The van der Waals surface area contributed by atoms with Crippen LogP contribution in [0, 0.1) is 0 Å². The van der Waals surface area contributed by atoms with E-state index < -0.39 is 0 Å². The molecule has 22 heavy (non-hydrogen) atoms. The SMILES string of the molecule is COc1ccccc1OCC(=O)Nc1ccc(N(C)C)cc1. The molecule has 1 amide bonds. The molecule has 5 nitrogen and oxygen atoms in total.